The van der Waals surface area contributed by atoms with Crippen LogP contribution in [0.4, 0.5) is 0 Å². The van der Waals surface area contributed by atoms with E-state index in [0.717, 1.165) is 6.92 Å². The Labute approximate surface area is 59.2 Å². The molecule has 0 aliphatic carbocycles. The zero-order chi connectivity index (χ0) is 10.5. The molecule has 0 aromatic rings. The molecule has 3 nitrogen and oxygen atoms in total. The number of rotatable bonds is 0. The van der Waals surface area contributed by atoms with E-state index < -0.39 is 30.9 Å². The number of hydrogen-bond donors (Lipinski definition) is 1. The first-order valence-electron chi connectivity index (χ1n) is 4.54. The van der Waals surface area contributed by atoms with E-state index in [-0.39, 0.29) is 0 Å². The molecular weight excluding hydrogens is 120 g/mol. The van der Waals surface area contributed by atoms with Crippen molar-refractivity contribution in [1.82, 2.24) is 0 Å². The molecule has 0 spiro atoms. The molecule has 9 heavy (non-hydrogen) atoms. The Balaban J connectivity index is 3.10. The number of carbonyl (C=O) groups excluding carboxylic acids is 1. The van der Waals surface area contributed by atoms with Crippen LogP contribution in [0.25, 0.3) is 0 Å². The molecule has 3 heteroatoms. The van der Waals surface area contributed by atoms with Crippen LogP contribution >= 0.6 is 0 Å². The highest BCUT2D eigenvalue weighted by molar-refractivity contribution is 5.71. The van der Waals surface area contributed by atoms with Gasteiger partial charge in [-0.25, -0.2) is 0 Å². The Hall–Kier alpha value is -0.570. The van der Waals surface area contributed by atoms with Crippen LogP contribution in [0.2, 0.25) is 0 Å². The summed E-state index contributed by atoms with van der Waals surface area (Å²) in [5.41, 5.74) is -2.04. The maximum atomic E-state index is 10.8. The third-order valence-electron chi connectivity index (χ3n) is 0.974. The van der Waals surface area contributed by atoms with Gasteiger partial charge in [-0.2, -0.15) is 0 Å². The topological polar surface area (TPSA) is 46.5 Å². The van der Waals surface area contributed by atoms with E-state index in [1.54, 1.807) is 0 Å². The molecule has 0 radical (unpaired) electrons. The van der Waals surface area contributed by atoms with E-state index in [1.165, 1.54) is 0 Å². The lowest BCUT2D eigenvalue weighted by Crippen LogP contribution is -2.35. The lowest BCUT2D eigenvalue weighted by Gasteiger charge is -2.26. The minimum absolute atomic E-state index is 0.542. The average molecular weight is 134 g/mol. The van der Waals surface area contributed by atoms with Gasteiger partial charge in [0.1, 0.15) is 0 Å². The van der Waals surface area contributed by atoms with Crippen LogP contribution in [0.5, 0.6) is 0 Å². The van der Waals surface area contributed by atoms with E-state index in [9.17, 15) is 9.90 Å². The number of cyclic esters (lactones) is 1. The number of hydrogen-bond acceptors (Lipinski definition) is 3. The van der Waals surface area contributed by atoms with Gasteiger partial charge in [-0.1, -0.05) is 0 Å². The van der Waals surface area contributed by atoms with Crippen molar-refractivity contribution in [3.63, 3.8) is 0 Å². The zero-order valence-electron chi connectivity index (χ0n) is 8.97. The van der Waals surface area contributed by atoms with Crippen LogP contribution in [0.1, 0.15) is 25.2 Å². The summed E-state index contributed by atoms with van der Waals surface area (Å²) in [6.45, 7) is -1.71. The van der Waals surface area contributed by atoms with Gasteiger partial charge in [0.2, 0.25) is 0 Å². The monoisotopic (exact) mass is 134 g/mol. The second-order valence-electron chi connectivity index (χ2n) is 2.15. The zero-order valence-corrected chi connectivity index (χ0v) is 4.97. The summed E-state index contributed by atoms with van der Waals surface area (Å²) in [6.07, 6.45) is -3.15. The lowest BCUT2D eigenvalue weighted by atomic mass is 9.97. The van der Waals surface area contributed by atoms with Crippen LogP contribution in [0, 0.1) is 0 Å². The summed E-state index contributed by atoms with van der Waals surface area (Å²) in [6, 6.07) is 0. The first-order valence-corrected chi connectivity index (χ1v) is 2.54. The summed E-state index contributed by atoms with van der Waals surface area (Å²) in [7, 11) is 0. The molecule has 1 N–H and O–H groups in total. The second-order valence-corrected chi connectivity index (χ2v) is 2.15. The molecule has 0 bridgehead atoms. The third-order valence-corrected chi connectivity index (χ3v) is 0.974. The first-order chi connectivity index (χ1) is 5.60. The molecule has 0 saturated carbocycles. The molecule has 0 aromatic carbocycles. The normalized spacial score (nSPS) is 53.8. The van der Waals surface area contributed by atoms with Crippen LogP contribution in [0.3, 0.4) is 0 Å². The molecule has 1 aliphatic heterocycles. The van der Waals surface area contributed by atoms with Crippen molar-refractivity contribution in [3.05, 3.63) is 0 Å². The van der Waals surface area contributed by atoms with E-state index >= 15 is 0 Å². The van der Waals surface area contributed by atoms with Gasteiger partial charge >= 0.3 is 5.97 Å². The van der Waals surface area contributed by atoms with Crippen molar-refractivity contribution in [1.29, 1.82) is 0 Å². The highest BCUT2D eigenvalue weighted by atomic mass is 16.5. The van der Waals surface area contributed by atoms with Gasteiger partial charge in [0.25, 0.3) is 0 Å². The van der Waals surface area contributed by atoms with Gasteiger partial charge in [0, 0.05) is 9.11 Å². The van der Waals surface area contributed by atoms with E-state index in [1.807, 2.05) is 0 Å². The summed E-state index contributed by atoms with van der Waals surface area (Å²) in [4.78, 5) is 10.8. The summed E-state index contributed by atoms with van der Waals surface area (Å²) in [5.74, 6) is -0.940. The highest BCUT2D eigenvalue weighted by Gasteiger charge is 2.29. The second kappa shape index (κ2) is 1.99. The third kappa shape index (κ3) is 1.68. The maximum absolute atomic E-state index is 10.8. The van der Waals surface area contributed by atoms with Gasteiger partial charge in [0.15, 0.2) is 0 Å². The SMILES string of the molecule is [2H]C1([2H])OC(=O)CC(C)(O)C1([2H])[2H]. The van der Waals surface area contributed by atoms with Crippen LogP contribution < -0.4 is 0 Å². The van der Waals surface area contributed by atoms with Crippen molar-refractivity contribution >= 4 is 5.97 Å². The molecule has 0 amide bonds. The highest BCUT2D eigenvalue weighted by Crippen LogP contribution is 2.19. The Kier molecular flexibility index (Phi) is 0.665. The maximum Gasteiger partial charge on any atom is 0.308 e. The Bertz CT molecular complexity index is 226. The smallest absolute Gasteiger partial charge is 0.308 e. The molecule has 52 valence electrons. The van der Waals surface area contributed by atoms with Gasteiger partial charge in [-0.3, -0.25) is 4.79 Å². The molecule has 1 rings (SSSR count). The molecule has 1 unspecified atom stereocenters. The quantitative estimate of drug-likeness (QED) is 0.477. The fourth-order valence-electron chi connectivity index (χ4n) is 0.554. The van der Waals surface area contributed by atoms with Crippen LogP contribution in [-0.2, 0) is 9.53 Å². The molecule has 0 aromatic heterocycles. The molecule has 1 heterocycles. The van der Waals surface area contributed by atoms with Crippen molar-refractivity contribution in [2.45, 2.75) is 25.3 Å². The van der Waals surface area contributed by atoms with E-state index in [2.05, 4.69) is 4.74 Å². The summed E-state index contributed by atoms with van der Waals surface area (Å²) >= 11 is 0. The number of esters is 1. The Morgan fingerprint density at radius 2 is 2.67 bits per heavy atom. The molecule has 1 saturated heterocycles. The number of aliphatic hydroxyl groups is 1. The summed E-state index contributed by atoms with van der Waals surface area (Å²) < 4.78 is 33.0. The van der Waals surface area contributed by atoms with E-state index in [4.69, 9.17) is 5.48 Å². The minimum atomic E-state index is -2.79. The molecular formula is C6H10O3. The van der Waals surface area contributed by atoms with Crippen LogP contribution in [-0.4, -0.2) is 23.2 Å². The predicted octanol–water partition coefficient (Wildman–Crippen LogP) is 0.0744. The van der Waals surface area contributed by atoms with Crippen LogP contribution in [0.15, 0.2) is 0 Å². The largest absolute Gasteiger partial charge is 0.465 e. The van der Waals surface area contributed by atoms with Crippen molar-refractivity contribution in [3.8, 4) is 0 Å². The number of ether oxygens (including phenoxy) is 1. The fourth-order valence-corrected chi connectivity index (χ4v) is 0.554. The summed E-state index contributed by atoms with van der Waals surface area (Å²) in [5, 5.41) is 9.49. The lowest BCUT2D eigenvalue weighted by molar-refractivity contribution is -0.157. The van der Waals surface area contributed by atoms with Gasteiger partial charge in [-0.05, 0) is 6.92 Å². The van der Waals surface area contributed by atoms with Gasteiger partial charge < -0.3 is 9.84 Å². The Morgan fingerprint density at radius 1 is 2.00 bits per heavy atom. The molecule has 1 atom stereocenters. The van der Waals surface area contributed by atoms with Gasteiger partial charge in [-0.15, -0.1) is 0 Å². The predicted molar refractivity (Wildman–Crippen MR) is 30.8 cm³/mol. The minimum Gasteiger partial charge on any atom is -0.465 e. The standard InChI is InChI=1S/C6H10O3/c1-6(8)2-3-9-5(7)4-6/h8H,2-4H2,1H3/i2D2,3D2. The van der Waals surface area contributed by atoms with Crippen molar-refractivity contribution in [2.24, 2.45) is 0 Å². The molecule has 1 aliphatic rings. The number of carbonyl (C=O) groups is 1. The van der Waals surface area contributed by atoms with Gasteiger partial charge in [0.05, 0.1) is 21.3 Å². The Morgan fingerprint density at radius 3 is 3.22 bits per heavy atom. The fraction of sp³-hybridized carbons (Fsp3) is 0.833. The van der Waals surface area contributed by atoms with Crippen molar-refractivity contribution in [2.75, 3.05) is 6.56 Å². The average Bonchev–Trinajstić information content (AvgIpc) is 1.80. The molecule has 1 fully saturated rings. The first kappa shape index (κ1) is 3.01. The van der Waals surface area contributed by atoms with Crippen molar-refractivity contribution < 1.29 is 20.1 Å². The van der Waals surface area contributed by atoms with E-state index in [0.29, 0.717) is 0 Å².